The Morgan fingerprint density at radius 2 is 2.00 bits per heavy atom. The Bertz CT molecular complexity index is 579. The van der Waals surface area contributed by atoms with Crippen LogP contribution in [0.5, 0.6) is 0 Å². The highest BCUT2D eigenvalue weighted by Gasteiger charge is 2.18. The van der Waals surface area contributed by atoms with E-state index in [1.165, 1.54) is 5.56 Å². The summed E-state index contributed by atoms with van der Waals surface area (Å²) in [6.07, 6.45) is 1.64. The van der Waals surface area contributed by atoms with E-state index in [0.29, 0.717) is 12.2 Å². The fourth-order valence-electron chi connectivity index (χ4n) is 2.16. The minimum atomic E-state index is -0.0601. The van der Waals surface area contributed by atoms with Crippen LogP contribution >= 0.6 is 0 Å². The third kappa shape index (κ3) is 2.81. The second-order valence-corrected chi connectivity index (χ2v) is 4.55. The van der Waals surface area contributed by atoms with Gasteiger partial charge in [-0.15, -0.1) is 0 Å². The van der Waals surface area contributed by atoms with Crippen molar-refractivity contribution in [2.75, 3.05) is 11.4 Å². The van der Waals surface area contributed by atoms with Gasteiger partial charge in [0.05, 0.1) is 0 Å². The second-order valence-electron chi connectivity index (χ2n) is 4.55. The molecular formula is C16H18N2O. The Hall–Kier alpha value is -2.16. The van der Waals surface area contributed by atoms with Gasteiger partial charge in [-0.3, -0.25) is 9.78 Å². The lowest BCUT2D eigenvalue weighted by Crippen LogP contribution is -2.31. The summed E-state index contributed by atoms with van der Waals surface area (Å²) in [6.45, 7) is 6.67. The molecule has 3 heteroatoms. The van der Waals surface area contributed by atoms with Crippen molar-refractivity contribution in [2.45, 2.75) is 20.8 Å². The molecule has 2 aromatic rings. The average Bonchev–Trinajstić information content (AvgIpc) is 2.42. The van der Waals surface area contributed by atoms with Gasteiger partial charge in [-0.2, -0.15) is 0 Å². The molecular weight excluding hydrogens is 236 g/mol. The number of rotatable bonds is 3. The van der Waals surface area contributed by atoms with Crippen LogP contribution in [-0.2, 0) is 0 Å². The van der Waals surface area contributed by atoms with Crippen LogP contribution in [-0.4, -0.2) is 17.4 Å². The summed E-state index contributed by atoms with van der Waals surface area (Å²) in [4.78, 5) is 18.4. The number of pyridine rings is 1. The van der Waals surface area contributed by atoms with Crippen LogP contribution in [0.4, 0.5) is 5.69 Å². The standard InChI is InChI=1S/C16H18N2O/c1-4-18(15-9-8-12(2)11-13(15)3)16(19)14-7-5-6-10-17-14/h5-11H,4H2,1-3H3. The molecule has 0 unspecified atom stereocenters. The SMILES string of the molecule is CCN(C(=O)c1ccccn1)c1ccc(C)cc1C. The average molecular weight is 254 g/mol. The van der Waals surface area contributed by atoms with E-state index in [1.54, 1.807) is 17.2 Å². The Balaban J connectivity index is 2.37. The lowest BCUT2D eigenvalue weighted by Gasteiger charge is -2.22. The number of hydrogen-bond acceptors (Lipinski definition) is 2. The van der Waals surface area contributed by atoms with Crippen molar-refractivity contribution in [3.63, 3.8) is 0 Å². The number of aromatic nitrogens is 1. The van der Waals surface area contributed by atoms with Gasteiger partial charge in [0.15, 0.2) is 0 Å². The summed E-state index contributed by atoms with van der Waals surface area (Å²) in [5, 5.41) is 0. The number of nitrogens with zero attached hydrogens (tertiary/aromatic N) is 2. The molecule has 0 bridgehead atoms. The van der Waals surface area contributed by atoms with Crippen LogP contribution in [0.1, 0.15) is 28.5 Å². The highest BCUT2D eigenvalue weighted by atomic mass is 16.2. The largest absolute Gasteiger partial charge is 0.307 e. The molecule has 1 amide bonds. The van der Waals surface area contributed by atoms with Gasteiger partial charge < -0.3 is 4.90 Å². The fraction of sp³-hybridized carbons (Fsp3) is 0.250. The fourth-order valence-corrected chi connectivity index (χ4v) is 2.16. The van der Waals surface area contributed by atoms with Crippen molar-refractivity contribution in [2.24, 2.45) is 0 Å². The molecule has 0 aliphatic carbocycles. The minimum Gasteiger partial charge on any atom is -0.307 e. The summed E-state index contributed by atoms with van der Waals surface area (Å²) in [6, 6.07) is 11.5. The number of hydrogen-bond donors (Lipinski definition) is 0. The monoisotopic (exact) mass is 254 g/mol. The minimum absolute atomic E-state index is 0.0601. The molecule has 1 aromatic heterocycles. The van der Waals surface area contributed by atoms with Gasteiger partial charge >= 0.3 is 0 Å². The molecule has 2 rings (SSSR count). The first-order valence-corrected chi connectivity index (χ1v) is 6.43. The Labute approximate surface area is 113 Å². The van der Waals surface area contributed by atoms with Crippen molar-refractivity contribution in [3.8, 4) is 0 Å². The summed E-state index contributed by atoms with van der Waals surface area (Å²) in [5.41, 5.74) is 3.72. The lowest BCUT2D eigenvalue weighted by molar-refractivity contribution is 0.0983. The summed E-state index contributed by atoms with van der Waals surface area (Å²) >= 11 is 0. The molecule has 98 valence electrons. The van der Waals surface area contributed by atoms with Crippen molar-refractivity contribution < 1.29 is 4.79 Å². The van der Waals surface area contributed by atoms with Gasteiger partial charge in [-0.1, -0.05) is 23.8 Å². The first kappa shape index (κ1) is 13.3. The normalized spacial score (nSPS) is 10.3. The van der Waals surface area contributed by atoms with Gasteiger partial charge in [0.1, 0.15) is 5.69 Å². The third-order valence-electron chi connectivity index (χ3n) is 3.09. The lowest BCUT2D eigenvalue weighted by atomic mass is 10.1. The van der Waals surface area contributed by atoms with Crippen molar-refractivity contribution >= 4 is 11.6 Å². The molecule has 0 aliphatic rings. The predicted molar refractivity (Wildman–Crippen MR) is 77.5 cm³/mol. The molecule has 3 nitrogen and oxygen atoms in total. The first-order valence-electron chi connectivity index (χ1n) is 6.43. The van der Waals surface area contributed by atoms with Gasteiger partial charge in [-0.25, -0.2) is 0 Å². The number of aryl methyl sites for hydroxylation is 2. The molecule has 0 atom stereocenters. The van der Waals surface area contributed by atoms with E-state index in [0.717, 1.165) is 11.3 Å². The molecule has 0 aliphatic heterocycles. The highest BCUT2D eigenvalue weighted by Crippen LogP contribution is 2.22. The van der Waals surface area contributed by atoms with Crippen LogP contribution in [0.25, 0.3) is 0 Å². The van der Waals surface area contributed by atoms with E-state index in [2.05, 4.69) is 11.1 Å². The summed E-state index contributed by atoms with van der Waals surface area (Å²) in [7, 11) is 0. The van der Waals surface area contributed by atoms with E-state index >= 15 is 0 Å². The molecule has 0 N–H and O–H groups in total. The first-order chi connectivity index (χ1) is 9.13. The predicted octanol–water partition coefficient (Wildman–Crippen LogP) is 3.37. The summed E-state index contributed by atoms with van der Waals surface area (Å²) < 4.78 is 0. The molecule has 0 fully saturated rings. The van der Waals surface area contributed by atoms with Gasteiger partial charge in [0, 0.05) is 18.4 Å². The number of benzene rings is 1. The Morgan fingerprint density at radius 1 is 1.21 bits per heavy atom. The van der Waals surface area contributed by atoms with Crippen molar-refractivity contribution in [3.05, 3.63) is 59.4 Å². The maximum absolute atomic E-state index is 12.5. The van der Waals surface area contributed by atoms with E-state index in [-0.39, 0.29) is 5.91 Å². The molecule has 0 spiro atoms. The van der Waals surface area contributed by atoms with Crippen LogP contribution in [0.3, 0.4) is 0 Å². The quantitative estimate of drug-likeness (QED) is 0.841. The van der Waals surface area contributed by atoms with E-state index in [1.807, 2.05) is 45.0 Å². The number of carbonyl (C=O) groups is 1. The van der Waals surface area contributed by atoms with Crippen LogP contribution < -0.4 is 4.90 Å². The molecule has 1 aromatic carbocycles. The highest BCUT2D eigenvalue weighted by molar-refractivity contribution is 6.05. The Morgan fingerprint density at radius 3 is 2.58 bits per heavy atom. The molecule has 19 heavy (non-hydrogen) atoms. The van der Waals surface area contributed by atoms with Crippen molar-refractivity contribution in [1.29, 1.82) is 0 Å². The maximum Gasteiger partial charge on any atom is 0.276 e. The Kier molecular flexibility index (Phi) is 3.95. The van der Waals surface area contributed by atoms with Crippen molar-refractivity contribution in [1.82, 2.24) is 4.98 Å². The number of amides is 1. The topological polar surface area (TPSA) is 33.2 Å². The van der Waals surface area contributed by atoms with Gasteiger partial charge in [0.25, 0.3) is 5.91 Å². The number of anilines is 1. The zero-order chi connectivity index (χ0) is 13.8. The molecule has 0 saturated carbocycles. The van der Waals surface area contributed by atoms with E-state index < -0.39 is 0 Å². The molecule has 0 saturated heterocycles. The van der Waals surface area contributed by atoms with Gasteiger partial charge in [-0.05, 0) is 44.5 Å². The van der Waals surface area contributed by atoms with Crippen LogP contribution in [0.2, 0.25) is 0 Å². The van der Waals surface area contributed by atoms with E-state index in [9.17, 15) is 4.79 Å². The maximum atomic E-state index is 12.5. The number of carbonyl (C=O) groups excluding carboxylic acids is 1. The molecule has 1 heterocycles. The van der Waals surface area contributed by atoms with E-state index in [4.69, 9.17) is 0 Å². The zero-order valence-corrected chi connectivity index (χ0v) is 11.6. The second kappa shape index (κ2) is 5.65. The smallest absolute Gasteiger partial charge is 0.276 e. The zero-order valence-electron chi connectivity index (χ0n) is 11.6. The van der Waals surface area contributed by atoms with Crippen LogP contribution in [0.15, 0.2) is 42.6 Å². The van der Waals surface area contributed by atoms with Crippen LogP contribution in [0, 0.1) is 13.8 Å². The van der Waals surface area contributed by atoms with Gasteiger partial charge in [0.2, 0.25) is 0 Å². The third-order valence-corrected chi connectivity index (χ3v) is 3.09. The molecule has 0 radical (unpaired) electrons. The summed E-state index contributed by atoms with van der Waals surface area (Å²) in [5.74, 6) is -0.0601.